The van der Waals surface area contributed by atoms with Gasteiger partial charge in [-0.3, -0.25) is 0 Å². The van der Waals surface area contributed by atoms with Crippen LogP contribution in [0.4, 0.5) is 0 Å². The molecule has 0 aromatic heterocycles. The number of rotatable bonds is 8. The zero-order valence-electron chi connectivity index (χ0n) is 10.3. The van der Waals surface area contributed by atoms with E-state index in [1.807, 2.05) is 20.8 Å². The Bertz CT molecular complexity index is 272. The van der Waals surface area contributed by atoms with Gasteiger partial charge in [-0.2, -0.15) is 0 Å². The van der Waals surface area contributed by atoms with Gasteiger partial charge in [0.05, 0.1) is 19.0 Å². The maximum absolute atomic E-state index is 11.5. The van der Waals surface area contributed by atoms with Crippen molar-refractivity contribution in [2.75, 3.05) is 31.4 Å². The zero-order valence-corrected chi connectivity index (χ0v) is 11.8. The Morgan fingerprint density at radius 2 is 1.88 bits per heavy atom. The largest absolute Gasteiger partial charge is 0.379 e. The monoisotopic (exact) mass is 271 g/mol. The van der Waals surface area contributed by atoms with Crippen LogP contribution in [-0.4, -0.2) is 39.8 Å². The number of sulfonamides is 1. The molecule has 0 atom stereocenters. The topological polar surface area (TPSA) is 55.4 Å². The fourth-order valence-electron chi connectivity index (χ4n) is 0.939. The first-order chi connectivity index (χ1) is 7.27. The summed E-state index contributed by atoms with van der Waals surface area (Å²) in [5, 5.41) is 0. The molecule has 16 heavy (non-hydrogen) atoms. The van der Waals surface area contributed by atoms with Crippen molar-refractivity contribution in [2.45, 2.75) is 27.2 Å². The molecule has 0 saturated carbocycles. The second-order valence-corrected chi connectivity index (χ2v) is 7.13. The predicted molar refractivity (Wildman–Crippen MR) is 67.4 cm³/mol. The molecule has 98 valence electrons. The summed E-state index contributed by atoms with van der Waals surface area (Å²) in [5.74, 6) is 0.586. The molecular weight excluding hydrogens is 250 g/mol. The Labute approximate surface area is 104 Å². The predicted octanol–water partition coefficient (Wildman–Crippen LogP) is 1.60. The average Bonchev–Trinajstić information content (AvgIpc) is 2.14. The van der Waals surface area contributed by atoms with Gasteiger partial charge in [0.25, 0.3) is 0 Å². The lowest BCUT2D eigenvalue weighted by atomic mass is 9.94. The van der Waals surface area contributed by atoms with Crippen LogP contribution in [0.25, 0.3) is 0 Å². The Kier molecular flexibility index (Phi) is 7.55. The fourth-order valence-corrected chi connectivity index (χ4v) is 2.47. The van der Waals surface area contributed by atoms with Gasteiger partial charge in [0, 0.05) is 12.4 Å². The van der Waals surface area contributed by atoms with E-state index in [2.05, 4.69) is 4.72 Å². The van der Waals surface area contributed by atoms with Crippen LogP contribution in [0.5, 0.6) is 0 Å². The van der Waals surface area contributed by atoms with E-state index in [0.29, 0.717) is 32.1 Å². The van der Waals surface area contributed by atoms with Crippen LogP contribution in [0.3, 0.4) is 0 Å². The number of nitrogens with one attached hydrogen (secondary N) is 1. The molecule has 0 rings (SSSR count). The number of hydrogen-bond acceptors (Lipinski definition) is 3. The average molecular weight is 272 g/mol. The van der Waals surface area contributed by atoms with Crippen molar-refractivity contribution in [3.05, 3.63) is 0 Å². The first-order valence-electron chi connectivity index (χ1n) is 5.38. The first-order valence-corrected chi connectivity index (χ1v) is 7.56. The zero-order chi connectivity index (χ0) is 12.7. The highest BCUT2D eigenvalue weighted by molar-refractivity contribution is 7.89. The summed E-state index contributed by atoms with van der Waals surface area (Å²) >= 11 is 5.41. The van der Waals surface area contributed by atoms with E-state index in [0.717, 1.165) is 0 Å². The highest BCUT2D eigenvalue weighted by atomic mass is 35.5. The lowest BCUT2D eigenvalue weighted by molar-refractivity contribution is 0.155. The van der Waals surface area contributed by atoms with Crippen LogP contribution in [0.15, 0.2) is 0 Å². The molecule has 0 heterocycles. The highest BCUT2D eigenvalue weighted by Gasteiger charge is 2.16. The highest BCUT2D eigenvalue weighted by Crippen LogP contribution is 2.18. The molecule has 0 aromatic rings. The van der Waals surface area contributed by atoms with Crippen LogP contribution >= 0.6 is 11.6 Å². The second kappa shape index (κ2) is 7.48. The van der Waals surface area contributed by atoms with Gasteiger partial charge >= 0.3 is 0 Å². The van der Waals surface area contributed by atoms with E-state index in [-0.39, 0.29) is 11.2 Å². The van der Waals surface area contributed by atoms with Gasteiger partial charge in [0.2, 0.25) is 10.0 Å². The molecular formula is C10H22ClNO3S. The molecule has 0 bridgehead atoms. The Morgan fingerprint density at radius 3 is 2.38 bits per heavy atom. The summed E-state index contributed by atoms with van der Waals surface area (Å²) in [6.07, 6.45) is 0.644. The SMILES string of the molecule is CC(C)(C)CCS(=O)(=O)NCCOCCCl. The molecule has 0 aliphatic rings. The van der Waals surface area contributed by atoms with Crippen LogP contribution in [0.2, 0.25) is 0 Å². The van der Waals surface area contributed by atoms with Gasteiger partial charge in [-0.25, -0.2) is 13.1 Å². The molecule has 0 radical (unpaired) electrons. The van der Waals surface area contributed by atoms with Crippen molar-refractivity contribution < 1.29 is 13.2 Å². The molecule has 6 heteroatoms. The fraction of sp³-hybridized carbons (Fsp3) is 1.00. The smallest absolute Gasteiger partial charge is 0.211 e. The van der Waals surface area contributed by atoms with Crippen molar-refractivity contribution in [3.8, 4) is 0 Å². The van der Waals surface area contributed by atoms with E-state index in [1.165, 1.54) is 0 Å². The molecule has 0 aliphatic heterocycles. The summed E-state index contributed by atoms with van der Waals surface area (Å²) in [6, 6.07) is 0. The van der Waals surface area contributed by atoms with Gasteiger partial charge in [-0.1, -0.05) is 20.8 Å². The third-order valence-electron chi connectivity index (χ3n) is 1.91. The van der Waals surface area contributed by atoms with Crippen LogP contribution in [0.1, 0.15) is 27.2 Å². The van der Waals surface area contributed by atoms with Gasteiger partial charge in [-0.05, 0) is 11.8 Å². The molecule has 1 N–H and O–H groups in total. The standard InChI is InChI=1S/C10H22ClNO3S/c1-10(2,3)4-9-16(13,14)12-6-8-15-7-5-11/h12H,4-9H2,1-3H3. The molecule has 0 unspecified atom stereocenters. The Balaban J connectivity index is 3.71. The summed E-state index contributed by atoms with van der Waals surface area (Å²) in [5.41, 5.74) is 0.0316. The molecule has 0 amide bonds. The van der Waals surface area contributed by atoms with E-state index >= 15 is 0 Å². The van der Waals surface area contributed by atoms with Crippen LogP contribution < -0.4 is 4.72 Å². The van der Waals surface area contributed by atoms with Gasteiger partial charge in [-0.15, -0.1) is 11.6 Å². The van der Waals surface area contributed by atoms with E-state index in [9.17, 15) is 8.42 Å². The number of alkyl halides is 1. The lowest BCUT2D eigenvalue weighted by Crippen LogP contribution is -2.31. The van der Waals surface area contributed by atoms with E-state index < -0.39 is 10.0 Å². The summed E-state index contributed by atoms with van der Waals surface area (Å²) in [4.78, 5) is 0. The molecule has 4 nitrogen and oxygen atoms in total. The minimum Gasteiger partial charge on any atom is -0.379 e. The second-order valence-electron chi connectivity index (χ2n) is 4.83. The number of hydrogen-bond donors (Lipinski definition) is 1. The summed E-state index contributed by atoms with van der Waals surface area (Å²) in [7, 11) is -3.16. The first kappa shape index (κ1) is 16.2. The molecule has 0 aliphatic carbocycles. The van der Waals surface area contributed by atoms with Crippen molar-refractivity contribution in [3.63, 3.8) is 0 Å². The van der Waals surface area contributed by atoms with Crippen molar-refractivity contribution >= 4 is 21.6 Å². The Hall–Kier alpha value is 0.160. The summed E-state index contributed by atoms with van der Waals surface area (Å²) in [6.45, 7) is 7.18. The molecule has 0 aromatic carbocycles. The van der Waals surface area contributed by atoms with Gasteiger partial charge in [0.1, 0.15) is 0 Å². The molecule has 0 saturated heterocycles. The van der Waals surface area contributed by atoms with Gasteiger partial charge < -0.3 is 4.74 Å². The third-order valence-corrected chi connectivity index (χ3v) is 3.45. The Morgan fingerprint density at radius 1 is 1.25 bits per heavy atom. The quantitative estimate of drug-likeness (QED) is 0.539. The van der Waals surface area contributed by atoms with Crippen LogP contribution in [0, 0.1) is 5.41 Å². The minimum atomic E-state index is -3.16. The molecule has 0 spiro atoms. The van der Waals surface area contributed by atoms with Gasteiger partial charge in [0.15, 0.2) is 0 Å². The third kappa shape index (κ3) is 10.7. The lowest BCUT2D eigenvalue weighted by Gasteiger charge is -2.17. The van der Waals surface area contributed by atoms with Crippen molar-refractivity contribution in [2.24, 2.45) is 5.41 Å². The summed E-state index contributed by atoms with van der Waals surface area (Å²) < 4.78 is 30.6. The maximum Gasteiger partial charge on any atom is 0.211 e. The number of ether oxygens (including phenoxy) is 1. The molecule has 0 fully saturated rings. The van der Waals surface area contributed by atoms with Crippen molar-refractivity contribution in [1.29, 1.82) is 0 Å². The van der Waals surface area contributed by atoms with Crippen molar-refractivity contribution in [1.82, 2.24) is 4.72 Å². The normalized spacial score (nSPS) is 13.0. The van der Waals surface area contributed by atoms with Crippen LogP contribution in [-0.2, 0) is 14.8 Å². The van der Waals surface area contributed by atoms with E-state index in [4.69, 9.17) is 16.3 Å². The van der Waals surface area contributed by atoms with E-state index in [1.54, 1.807) is 0 Å². The number of halogens is 1. The minimum absolute atomic E-state index is 0.0316. The maximum atomic E-state index is 11.5.